The van der Waals surface area contributed by atoms with Gasteiger partial charge < -0.3 is 15.4 Å². The zero-order valence-corrected chi connectivity index (χ0v) is 11.8. The van der Waals surface area contributed by atoms with E-state index in [1.807, 2.05) is 30.3 Å². The minimum atomic E-state index is -0.728. The van der Waals surface area contributed by atoms with E-state index in [-0.39, 0.29) is 18.9 Å². The molecule has 112 valence electrons. The highest BCUT2D eigenvalue weighted by Crippen LogP contribution is 2.22. The summed E-state index contributed by atoms with van der Waals surface area (Å²) in [6, 6.07) is 8.63. The molecule has 21 heavy (non-hydrogen) atoms. The molecule has 0 radical (unpaired) electrons. The van der Waals surface area contributed by atoms with E-state index in [9.17, 15) is 14.4 Å². The number of ether oxygens (including phenoxy) is 1. The van der Waals surface area contributed by atoms with E-state index < -0.39 is 23.8 Å². The number of nitrogens with two attached hydrogens (primary N) is 1. The highest BCUT2D eigenvalue weighted by molar-refractivity contribution is 5.91. The van der Waals surface area contributed by atoms with Gasteiger partial charge >= 0.3 is 5.97 Å². The van der Waals surface area contributed by atoms with Crippen LogP contribution in [0.25, 0.3) is 0 Å². The summed E-state index contributed by atoms with van der Waals surface area (Å²) in [5.41, 5.74) is 6.17. The molecule has 1 saturated heterocycles. The second kappa shape index (κ2) is 6.39. The number of amides is 2. The molecule has 0 saturated carbocycles. The average molecular weight is 290 g/mol. The van der Waals surface area contributed by atoms with Crippen LogP contribution in [0.1, 0.15) is 12.0 Å². The minimum Gasteiger partial charge on any atom is -0.467 e. The van der Waals surface area contributed by atoms with Crippen molar-refractivity contribution in [2.75, 3.05) is 13.7 Å². The lowest BCUT2D eigenvalue weighted by atomic mass is 10.0. The van der Waals surface area contributed by atoms with Crippen LogP contribution in [0.5, 0.6) is 0 Å². The van der Waals surface area contributed by atoms with Gasteiger partial charge in [0.25, 0.3) is 0 Å². The van der Waals surface area contributed by atoms with Gasteiger partial charge in [0.2, 0.25) is 11.8 Å². The maximum atomic E-state index is 12.1. The number of methoxy groups -OCH3 is 1. The molecular weight excluding hydrogens is 272 g/mol. The fraction of sp³-hybridized carbons (Fsp3) is 0.400. The molecule has 1 unspecified atom stereocenters. The van der Waals surface area contributed by atoms with Crippen LogP contribution in [0.15, 0.2) is 30.3 Å². The molecule has 2 atom stereocenters. The molecule has 6 heteroatoms. The normalized spacial score (nSPS) is 19.4. The molecule has 0 spiro atoms. The van der Waals surface area contributed by atoms with Crippen molar-refractivity contribution in [1.29, 1.82) is 0 Å². The maximum Gasteiger partial charge on any atom is 0.328 e. The molecular formula is C15H18N2O4. The van der Waals surface area contributed by atoms with Gasteiger partial charge in [0.15, 0.2) is 0 Å². The van der Waals surface area contributed by atoms with Gasteiger partial charge in [-0.2, -0.15) is 0 Å². The molecule has 1 aliphatic rings. The van der Waals surface area contributed by atoms with Crippen molar-refractivity contribution in [3.63, 3.8) is 0 Å². The topological polar surface area (TPSA) is 89.7 Å². The first-order valence-corrected chi connectivity index (χ1v) is 6.73. The first-order chi connectivity index (χ1) is 10.0. The third kappa shape index (κ3) is 3.39. The molecule has 0 aliphatic carbocycles. The number of carbonyl (C=O) groups excluding carboxylic acids is 3. The minimum absolute atomic E-state index is 0.0532. The number of hydrogen-bond donors (Lipinski definition) is 1. The van der Waals surface area contributed by atoms with Crippen LogP contribution < -0.4 is 5.73 Å². The molecule has 6 nitrogen and oxygen atoms in total. The van der Waals surface area contributed by atoms with Crippen LogP contribution in [0.4, 0.5) is 0 Å². The summed E-state index contributed by atoms with van der Waals surface area (Å²) in [7, 11) is 1.28. The SMILES string of the molecule is COC(=O)[C@@H](Cc1ccccc1)N1CC(C(N)=O)CC1=O. The Morgan fingerprint density at radius 3 is 2.57 bits per heavy atom. The summed E-state index contributed by atoms with van der Waals surface area (Å²) in [4.78, 5) is 36.7. The summed E-state index contributed by atoms with van der Waals surface area (Å²) in [5.74, 6) is -1.79. The Balaban J connectivity index is 2.19. The van der Waals surface area contributed by atoms with E-state index in [1.54, 1.807) is 0 Å². The van der Waals surface area contributed by atoms with Crippen LogP contribution in [0.2, 0.25) is 0 Å². The highest BCUT2D eigenvalue weighted by Gasteiger charge is 2.40. The lowest BCUT2D eigenvalue weighted by Crippen LogP contribution is -2.44. The summed E-state index contributed by atoms with van der Waals surface area (Å²) in [6.07, 6.45) is 0.405. The van der Waals surface area contributed by atoms with E-state index in [2.05, 4.69) is 0 Å². The molecule has 1 fully saturated rings. The van der Waals surface area contributed by atoms with Crippen molar-refractivity contribution in [1.82, 2.24) is 4.90 Å². The molecule has 2 amide bonds. The van der Waals surface area contributed by atoms with Gasteiger partial charge in [-0.1, -0.05) is 30.3 Å². The predicted molar refractivity (Wildman–Crippen MR) is 75.0 cm³/mol. The zero-order chi connectivity index (χ0) is 15.4. The van der Waals surface area contributed by atoms with Gasteiger partial charge in [-0.3, -0.25) is 9.59 Å². The van der Waals surface area contributed by atoms with Crippen LogP contribution in [0, 0.1) is 5.92 Å². The Hall–Kier alpha value is -2.37. The molecule has 1 aliphatic heterocycles. The van der Waals surface area contributed by atoms with Crippen molar-refractivity contribution in [2.45, 2.75) is 18.9 Å². The Bertz CT molecular complexity index is 544. The molecule has 1 heterocycles. The Morgan fingerprint density at radius 1 is 1.38 bits per heavy atom. The smallest absolute Gasteiger partial charge is 0.328 e. The standard InChI is InChI=1S/C15H18N2O4/c1-21-15(20)12(7-10-5-3-2-4-6-10)17-9-11(14(16)19)8-13(17)18/h2-6,11-12H,7-9H2,1H3,(H2,16,19)/t11?,12-/m1/s1. The maximum absolute atomic E-state index is 12.1. The molecule has 0 bridgehead atoms. The number of primary amides is 1. The van der Waals surface area contributed by atoms with Crippen molar-refractivity contribution < 1.29 is 19.1 Å². The summed E-state index contributed by atoms with van der Waals surface area (Å²) < 4.78 is 4.79. The number of hydrogen-bond acceptors (Lipinski definition) is 4. The molecule has 2 rings (SSSR count). The van der Waals surface area contributed by atoms with Gasteiger partial charge in [-0.05, 0) is 5.56 Å². The molecule has 0 aromatic heterocycles. The second-order valence-corrected chi connectivity index (χ2v) is 5.08. The molecule has 1 aromatic rings. The first-order valence-electron chi connectivity index (χ1n) is 6.73. The Kier molecular flexibility index (Phi) is 4.57. The lowest BCUT2D eigenvalue weighted by Gasteiger charge is -2.26. The van der Waals surface area contributed by atoms with E-state index >= 15 is 0 Å². The first kappa shape index (κ1) is 15.0. The van der Waals surface area contributed by atoms with Gasteiger partial charge in [0.05, 0.1) is 13.0 Å². The molecule has 1 aromatic carbocycles. The van der Waals surface area contributed by atoms with Crippen molar-refractivity contribution >= 4 is 17.8 Å². The highest BCUT2D eigenvalue weighted by atomic mass is 16.5. The number of benzene rings is 1. The van der Waals surface area contributed by atoms with Gasteiger partial charge in [-0.15, -0.1) is 0 Å². The van der Waals surface area contributed by atoms with Gasteiger partial charge in [0.1, 0.15) is 6.04 Å². The Labute approximate surface area is 122 Å². The fourth-order valence-electron chi connectivity index (χ4n) is 2.52. The summed E-state index contributed by atoms with van der Waals surface area (Å²) in [6.45, 7) is 0.167. The number of nitrogens with zero attached hydrogens (tertiary/aromatic N) is 1. The lowest BCUT2D eigenvalue weighted by molar-refractivity contribution is -0.151. The number of esters is 1. The summed E-state index contributed by atoms with van der Waals surface area (Å²) in [5, 5.41) is 0. The van der Waals surface area contributed by atoms with E-state index in [0.717, 1.165) is 5.56 Å². The van der Waals surface area contributed by atoms with Crippen LogP contribution in [0.3, 0.4) is 0 Å². The Morgan fingerprint density at radius 2 is 2.05 bits per heavy atom. The predicted octanol–water partition coefficient (Wildman–Crippen LogP) is 0.104. The van der Waals surface area contributed by atoms with Gasteiger partial charge in [0, 0.05) is 19.4 Å². The zero-order valence-electron chi connectivity index (χ0n) is 11.8. The second-order valence-electron chi connectivity index (χ2n) is 5.08. The third-order valence-corrected chi connectivity index (χ3v) is 3.68. The number of rotatable bonds is 5. The third-order valence-electron chi connectivity index (χ3n) is 3.68. The van der Waals surface area contributed by atoms with Crippen molar-refractivity contribution in [3.8, 4) is 0 Å². The van der Waals surface area contributed by atoms with Gasteiger partial charge in [-0.25, -0.2) is 4.79 Å². The molecule has 2 N–H and O–H groups in total. The number of carbonyl (C=O) groups is 3. The van der Waals surface area contributed by atoms with Crippen LogP contribution in [-0.4, -0.2) is 42.4 Å². The quantitative estimate of drug-likeness (QED) is 0.779. The van der Waals surface area contributed by atoms with E-state index in [4.69, 9.17) is 10.5 Å². The van der Waals surface area contributed by atoms with E-state index in [0.29, 0.717) is 6.42 Å². The van der Waals surface area contributed by atoms with Crippen molar-refractivity contribution in [3.05, 3.63) is 35.9 Å². The summed E-state index contributed by atoms with van der Waals surface area (Å²) >= 11 is 0. The average Bonchev–Trinajstić information content (AvgIpc) is 2.87. The van der Waals surface area contributed by atoms with E-state index in [1.165, 1.54) is 12.0 Å². The fourth-order valence-corrected chi connectivity index (χ4v) is 2.52. The van der Waals surface area contributed by atoms with Crippen molar-refractivity contribution in [2.24, 2.45) is 11.7 Å². The number of likely N-dealkylation sites (tertiary alicyclic amines) is 1. The van der Waals surface area contributed by atoms with Crippen LogP contribution >= 0.6 is 0 Å². The monoisotopic (exact) mass is 290 g/mol. The van der Waals surface area contributed by atoms with Crippen LogP contribution in [-0.2, 0) is 25.5 Å². The largest absolute Gasteiger partial charge is 0.467 e.